The molecule has 0 unspecified atom stereocenters. The first kappa shape index (κ1) is 15.2. The lowest BCUT2D eigenvalue weighted by Gasteiger charge is -2.40. The Morgan fingerprint density at radius 1 is 1.35 bits per heavy atom. The van der Waals surface area contributed by atoms with Crippen molar-refractivity contribution >= 4 is 6.29 Å². The molecule has 0 saturated carbocycles. The van der Waals surface area contributed by atoms with Gasteiger partial charge in [0.1, 0.15) is 6.29 Å². The van der Waals surface area contributed by atoms with Gasteiger partial charge in [0.15, 0.2) is 5.79 Å². The summed E-state index contributed by atoms with van der Waals surface area (Å²) in [6.07, 6.45) is 1.25. The summed E-state index contributed by atoms with van der Waals surface area (Å²) in [6, 6.07) is 10.0. The Labute approximate surface area is 120 Å². The van der Waals surface area contributed by atoms with Crippen LogP contribution in [0.2, 0.25) is 0 Å². The average molecular weight is 278 g/mol. The number of carbonyl (C=O) groups is 1. The fourth-order valence-electron chi connectivity index (χ4n) is 2.29. The molecule has 0 radical (unpaired) electrons. The molecule has 4 nitrogen and oxygen atoms in total. The molecule has 1 saturated heterocycles. The third kappa shape index (κ3) is 4.40. The third-order valence-corrected chi connectivity index (χ3v) is 3.40. The zero-order valence-electron chi connectivity index (χ0n) is 12.1. The Balaban J connectivity index is 1.85. The first-order valence-corrected chi connectivity index (χ1v) is 6.98. The van der Waals surface area contributed by atoms with Crippen molar-refractivity contribution in [3.63, 3.8) is 0 Å². The number of hydrogen-bond donors (Lipinski definition) is 0. The maximum absolute atomic E-state index is 10.7. The summed E-state index contributed by atoms with van der Waals surface area (Å²) in [6.45, 7) is 5.32. The molecule has 2 atom stereocenters. The first-order chi connectivity index (χ1) is 9.61. The molecule has 0 aromatic heterocycles. The second kappa shape index (κ2) is 6.97. The van der Waals surface area contributed by atoms with E-state index in [1.165, 1.54) is 0 Å². The van der Waals surface area contributed by atoms with Gasteiger partial charge < -0.3 is 19.0 Å². The Bertz CT molecular complexity index is 416. The van der Waals surface area contributed by atoms with Crippen LogP contribution in [0.15, 0.2) is 30.3 Å². The fourth-order valence-corrected chi connectivity index (χ4v) is 2.29. The van der Waals surface area contributed by atoms with Gasteiger partial charge in [-0.1, -0.05) is 30.3 Å². The summed E-state index contributed by atoms with van der Waals surface area (Å²) in [7, 11) is 0. The molecular weight excluding hydrogens is 256 g/mol. The van der Waals surface area contributed by atoms with E-state index in [1.54, 1.807) is 0 Å². The minimum Gasteiger partial charge on any atom is -0.374 e. The van der Waals surface area contributed by atoms with Gasteiger partial charge in [0, 0.05) is 12.3 Å². The quantitative estimate of drug-likeness (QED) is 0.750. The van der Waals surface area contributed by atoms with Crippen LogP contribution in [0.3, 0.4) is 0 Å². The summed E-state index contributed by atoms with van der Waals surface area (Å²) in [4.78, 5) is 10.7. The number of aldehydes is 1. The molecule has 0 spiro atoms. The van der Waals surface area contributed by atoms with E-state index in [0.29, 0.717) is 26.2 Å². The second-order valence-corrected chi connectivity index (χ2v) is 5.53. The van der Waals surface area contributed by atoms with Crippen molar-refractivity contribution in [3.05, 3.63) is 35.9 Å². The van der Waals surface area contributed by atoms with Crippen LogP contribution in [0.25, 0.3) is 0 Å². The third-order valence-electron chi connectivity index (χ3n) is 3.40. The molecule has 1 aromatic rings. The van der Waals surface area contributed by atoms with Gasteiger partial charge in [0.25, 0.3) is 0 Å². The number of benzene rings is 1. The summed E-state index contributed by atoms with van der Waals surface area (Å²) >= 11 is 0. The molecule has 1 aliphatic rings. The van der Waals surface area contributed by atoms with Crippen LogP contribution >= 0.6 is 0 Å². The molecule has 1 fully saturated rings. The maximum atomic E-state index is 10.7. The molecule has 1 aromatic carbocycles. The van der Waals surface area contributed by atoms with Gasteiger partial charge in [-0.25, -0.2) is 0 Å². The fraction of sp³-hybridized carbons (Fsp3) is 0.562. The van der Waals surface area contributed by atoms with E-state index in [-0.39, 0.29) is 12.0 Å². The highest BCUT2D eigenvalue weighted by atomic mass is 16.7. The monoisotopic (exact) mass is 278 g/mol. The zero-order chi connectivity index (χ0) is 14.4. The molecular formula is C16H22O4. The number of hydrogen-bond acceptors (Lipinski definition) is 4. The van der Waals surface area contributed by atoms with Crippen LogP contribution in [0, 0.1) is 5.92 Å². The Morgan fingerprint density at radius 3 is 2.80 bits per heavy atom. The van der Waals surface area contributed by atoms with Crippen molar-refractivity contribution in [1.82, 2.24) is 0 Å². The molecule has 4 heteroatoms. The van der Waals surface area contributed by atoms with Crippen molar-refractivity contribution in [1.29, 1.82) is 0 Å². The smallest absolute Gasteiger partial charge is 0.163 e. The molecule has 0 N–H and O–H groups in total. The van der Waals surface area contributed by atoms with Gasteiger partial charge in [-0.2, -0.15) is 0 Å². The summed E-state index contributed by atoms with van der Waals surface area (Å²) < 4.78 is 17.2. The second-order valence-electron chi connectivity index (χ2n) is 5.53. The van der Waals surface area contributed by atoms with Crippen LogP contribution in [0.5, 0.6) is 0 Å². The van der Waals surface area contributed by atoms with E-state index in [0.717, 1.165) is 11.8 Å². The Hall–Kier alpha value is -1.23. The summed E-state index contributed by atoms with van der Waals surface area (Å²) in [5.41, 5.74) is 1.13. The highest BCUT2D eigenvalue weighted by Gasteiger charge is 2.36. The van der Waals surface area contributed by atoms with Gasteiger partial charge >= 0.3 is 0 Å². The average Bonchev–Trinajstić information content (AvgIpc) is 2.43. The largest absolute Gasteiger partial charge is 0.374 e. The van der Waals surface area contributed by atoms with Gasteiger partial charge in [0.2, 0.25) is 0 Å². The van der Waals surface area contributed by atoms with Crippen molar-refractivity contribution in [2.75, 3.05) is 13.2 Å². The molecule has 0 aliphatic carbocycles. The highest BCUT2D eigenvalue weighted by Crippen LogP contribution is 2.28. The summed E-state index contributed by atoms with van der Waals surface area (Å²) in [5.74, 6) is -0.545. The van der Waals surface area contributed by atoms with Crippen molar-refractivity contribution in [3.8, 4) is 0 Å². The molecule has 0 amide bonds. The van der Waals surface area contributed by atoms with Crippen LogP contribution in [-0.2, 0) is 25.6 Å². The minimum absolute atomic E-state index is 0.0660. The van der Waals surface area contributed by atoms with Crippen molar-refractivity contribution in [2.45, 2.75) is 38.8 Å². The molecule has 2 rings (SSSR count). The van der Waals surface area contributed by atoms with Crippen LogP contribution < -0.4 is 0 Å². The van der Waals surface area contributed by atoms with Gasteiger partial charge in [-0.05, 0) is 19.4 Å². The summed E-state index contributed by atoms with van der Waals surface area (Å²) in [5, 5.41) is 0. The minimum atomic E-state index is -0.611. The van der Waals surface area contributed by atoms with Gasteiger partial charge in [-0.3, -0.25) is 0 Å². The van der Waals surface area contributed by atoms with E-state index in [1.807, 2.05) is 44.2 Å². The Morgan fingerprint density at radius 2 is 2.10 bits per heavy atom. The zero-order valence-corrected chi connectivity index (χ0v) is 12.1. The molecule has 1 heterocycles. The standard InChI is InChI=1S/C16H22O4/c1-16(2)19-11-14(8-9-17)15(20-16)12-18-10-13-6-4-3-5-7-13/h3-7,9,14-15H,8,10-12H2,1-2H3/t14-,15-/m1/s1. The lowest BCUT2D eigenvalue weighted by molar-refractivity contribution is -0.300. The van der Waals surface area contributed by atoms with Crippen LogP contribution in [0.1, 0.15) is 25.8 Å². The molecule has 20 heavy (non-hydrogen) atoms. The predicted octanol–water partition coefficient (Wildman–Crippen LogP) is 2.56. The van der Waals surface area contributed by atoms with Crippen molar-refractivity contribution in [2.24, 2.45) is 5.92 Å². The van der Waals surface area contributed by atoms with E-state index >= 15 is 0 Å². The lowest BCUT2D eigenvalue weighted by atomic mass is 9.98. The normalized spacial score (nSPS) is 25.3. The Kier molecular flexibility index (Phi) is 5.29. The van der Waals surface area contributed by atoms with Crippen LogP contribution in [-0.4, -0.2) is 31.4 Å². The maximum Gasteiger partial charge on any atom is 0.163 e. The predicted molar refractivity (Wildman–Crippen MR) is 75.2 cm³/mol. The van der Waals surface area contributed by atoms with E-state index in [2.05, 4.69) is 0 Å². The highest BCUT2D eigenvalue weighted by molar-refractivity contribution is 5.49. The van der Waals surface area contributed by atoms with E-state index in [4.69, 9.17) is 14.2 Å². The number of ether oxygens (including phenoxy) is 3. The number of carbonyl (C=O) groups excluding carboxylic acids is 1. The SMILES string of the molecule is CC1(C)OC[C@@H](CC=O)[C@@H](COCc2ccccc2)O1. The van der Waals surface area contributed by atoms with Crippen molar-refractivity contribution < 1.29 is 19.0 Å². The topological polar surface area (TPSA) is 44.8 Å². The lowest BCUT2D eigenvalue weighted by Crippen LogP contribution is -2.47. The molecule has 0 bridgehead atoms. The van der Waals surface area contributed by atoms with Crippen LogP contribution in [0.4, 0.5) is 0 Å². The molecule has 1 aliphatic heterocycles. The number of rotatable bonds is 6. The van der Waals surface area contributed by atoms with Gasteiger partial charge in [-0.15, -0.1) is 0 Å². The van der Waals surface area contributed by atoms with E-state index in [9.17, 15) is 4.79 Å². The van der Waals surface area contributed by atoms with Gasteiger partial charge in [0.05, 0.1) is 25.9 Å². The van der Waals surface area contributed by atoms with E-state index < -0.39 is 5.79 Å². The molecule has 110 valence electrons. The first-order valence-electron chi connectivity index (χ1n) is 6.98.